The normalized spacial score (nSPS) is 12.5. The fraction of sp³-hybridized carbons (Fsp3) is 0.200. The van der Waals surface area contributed by atoms with Crippen molar-refractivity contribution >= 4 is 31.8 Å². The highest BCUT2D eigenvalue weighted by Crippen LogP contribution is 2.31. The lowest BCUT2D eigenvalue weighted by molar-refractivity contribution is -0.112. The third-order valence-corrected chi connectivity index (χ3v) is 5.32. The lowest BCUT2D eigenvalue weighted by Crippen LogP contribution is -2.32. The van der Waals surface area contributed by atoms with E-state index in [-0.39, 0.29) is 0 Å². The molecule has 0 amide bonds. The zero-order chi connectivity index (χ0) is 20.5. The maximum Gasteiger partial charge on any atom is 0.287 e. The van der Waals surface area contributed by atoms with Crippen LogP contribution in [-0.4, -0.2) is 13.5 Å². The highest BCUT2D eigenvalue weighted by Gasteiger charge is 2.30. The van der Waals surface area contributed by atoms with Crippen molar-refractivity contribution in [1.82, 2.24) is 0 Å². The van der Waals surface area contributed by atoms with Gasteiger partial charge in [-0.1, -0.05) is 6.92 Å². The van der Waals surface area contributed by atoms with Crippen molar-refractivity contribution in [3.63, 3.8) is 0 Å². The van der Waals surface area contributed by atoms with E-state index in [4.69, 9.17) is 14.8 Å². The summed E-state index contributed by atoms with van der Waals surface area (Å²) in [4.78, 5) is 12.6. The molecule has 0 saturated carbocycles. The Kier molecular flexibility index (Phi) is 5.23. The number of nitriles is 1. The standard InChI is InChI=1S/C20H19N3O4S/c1-3-14-8-15(9-17-12(2)11-27-19(14)17)18(20(24)28(22,25)26)23-16-6-4-13(10-21)5-7-16/h4-9,11,18,23H,3H2,1-2H3,(H2,22,25,26). The zero-order valence-electron chi connectivity index (χ0n) is 15.4. The van der Waals surface area contributed by atoms with E-state index in [0.29, 0.717) is 28.8 Å². The van der Waals surface area contributed by atoms with Crippen LogP contribution in [0.1, 0.15) is 35.2 Å². The highest BCUT2D eigenvalue weighted by atomic mass is 32.2. The first kappa shape index (κ1) is 19.6. The van der Waals surface area contributed by atoms with Crippen molar-refractivity contribution in [1.29, 1.82) is 5.26 Å². The number of benzene rings is 2. The van der Waals surface area contributed by atoms with Gasteiger partial charge in [0.05, 0.1) is 17.9 Å². The number of fused-ring (bicyclic) bond motifs is 1. The monoisotopic (exact) mass is 397 g/mol. The van der Waals surface area contributed by atoms with Crippen LogP contribution >= 0.6 is 0 Å². The summed E-state index contributed by atoms with van der Waals surface area (Å²) < 4.78 is 29.2. The molecule has 1 unspecified atom stereocenters. The maximum atomic E-state index is 12.6. The van der Waals surface area contributed by atoms with Gasteiger partial charge in [-0.05, 0) is 66.4 Å². The first-order valence-corrected chi connectivity index (χ1v) is 10.1. The van der Waals surface area contributed by atoms with E-state index in [1.807, 2.05) is 19.9 Å². The Morgan fingerprint density at radius 3 is 2.54 bits per heavy atom. The fourth-order valence-electron chi connectivity index (χ4n) is 3.04. The minimum absolute atomic E-state index is 0.448. The Labute approximate surface area is 162 Å². The minimum atomic E-state index is -4.43. The third-order valence-electron chi connectivity index (χ3n) is 4.52. The van der Waals surface area contributed by atoms with Gasteiger partial charge in [0.25, 0.3) is 15.1 Å². The van der Waals surface area contributed by atoms with Crippen LogP contribution in [0.15, 0.2) is 47.1 Å². The van der Waals surface area contributed by atoms with Gasteiger partial charge in [0.1, 0.15) is 11.6 Å². The van der Waals surface area contributed by atoms with E-state index in [1.165, 1.54) is 0 Å². The minimum Gasteiger partial charge on any atom is -0.464 e. The van der Waals surface area contributed by atoms with Crippen molar-refractivity contribution in [2.75, 3.05) is 5.32 Å². The average molecular weight is 397 g/mol. The Morgan fingerprint density at radius 2 is 1.96 bits per heavy atom. The molecule has 1 heterocycles. The number of hydrogen-bond acceptors (Lipinski definition) is 6. The molecule has 0 bridgehead atoms. The predicted molar refractivity (Wildman–Crippen MR) is 106 cm³/mol. The first-order chi connectivity index (χ1) is 13.2. The number of sulfonamides is 1. The molecule has 2 aromatic carbocycles. The second-order valence-electron chi connectivity index (χ2n) is 6.46. The van der Waals surface area contributed by atoms with Crippen molar-refractivity contribution in [3.05, 3.63) is 64.9 Å². The molecule has 0 radical (unpaired) electrons. The summed E-state index contributed by atoms with van der Waals surface area (Å²) in [6.07, 6.45) is 2.27. The van der Waals surface area contributed by atoms with Crippen LogP contribution in [0.25, 0.3) is 11.0 Å². The molecule has 0 spiro atoms. The van der Waals surface area contributed by atoms with Gasteiger partial charge in [-0.2, -0.15) is 5.26 Å². The molecule has 7 nitrogen and oxygen atoms in total. The molecule has 0 aliphatic rings. The Hall–Kier alpha value is -3.15. The number of furan rings is 1. The van der Waals surface area contributed by atoms with Crippen LogP contribution in [0, 0.1) is 18.3 Å². The smallest absolute Gasteiger partial charge is 0.287 e. The number of carbonyl (C=O) groups excluding carboxylic acids is 1. The van der Waals surface area contributed by atoms with Gasteiger partial charge < -0.3 is 9.73 Å². The Balaban J connectivity index is 2.13. The number of nitrogens with two attached hydrogens (primary N) is 1. The van der Waals surface area contributed by atoms with Crippen molar-refractivity contribution in [3.8, 4) is 6.07 Å². The summed E-state index contributed by atoms with van der Waals surface area (Å²) in [5.41, 5.74) is 3.86. The SMILES string of the molecule is CCc1cc(C(Nc2ccc(C#N)cc2)C(=O)S(N)(=O)=O)cc2c(C)coc12. The van der Waals surface area contributed by atoms with Gasteiger partial charge in [0.2, 0.25) is 0 Å². The molecular formula is C20H19N3O4S. The third kappa shape index (κ3) is 3.76. The molecule has 1 atom stereocenters. The molecule has 1 aromatic heterocycles. The number of rotatable bonds is 5. The average Bonchev–Trinajstić information content (AvgIpc) is 3.05. The number of anilines is 1. The molecule has 144 valence electrons. The molecule has 0 aliphatic heterocycles. The number of nitrogens with one attached hydrogen (secondary N) is 1. The number of hydrogen-bond donors (Lipinski definition) is 2. The molecule has 0 fully saturated rings. The van der Waals surface area contributed by atoms with E-state index in [2.05, 4.69) is 5.32 Å². The van der Waals surface area contributed by atoms with Gasteiger partial charge >= 0.3 is 0 Å². The van der Waals surface area contributed by atoms with Crippen LogP contribution in [0.4, 0.5) is 5.69 Å². The maximum absolute atomic E-state index is 12.6. The molecule has 3 aromatic rings. The van der Waals surface area contributed by atoms with Crippen LogP contribution in [0.2, 0.25) is 0 Å². The van der Waals surface area contributed by atoms with E-state index in [0.717, 1.165) is 16.5 Å². The van der Waals surface area contributed by atoms with Crippen molar-refractivity contribution < 1.29 is 17.6 Å². The summed E-state index contributed by atoms with van der Waals surface area (Å²) in [6, 6.07) is 10.6. The van der Waals surface area contributed by atoms with E-state index >= 15 is 0 Å². The first-order valence-electron chi connectivity index (χ1n) is 8.58. The van der Waals surface area contributed by atoms with Gasteiger partial charge in [0.15, 0.2) is 0 Å². The van der Waals surface area contributed by atoms with Crippen molar-refractivity contribution in [2.24, 2.45) is 5.14 Å². The van der Waals surface area contributed by atoms with Crippen LogP contribution in [-0.2, 0) is 21.2 Å². The van der Waals surface area contributed by atoms with E-state index < -0.39 is 21.2 Å². The second kappa shape index (κ2) is 7.46. The molecule has 28 heavy (non-hydrogen) atoms. The second-order valence-corrected chi connectivity index (χ2v) is 7.95. The summed E-state index contributed by atoms with van der Waals surface area (Å²) in [6.45, 7) is 3.82. The van der Waals surface area contributed by atoms with Crippen LogP contribution in [0.3, 0.4) is 0 Å². The summed E-state index contributed by atoms with van der Waals surface area (Å²) in [5, 5.41) is 16.6. The largest absolute Gasteiger partial charge is 0.464 e. The van der Waals surface area contributed by atoms with Gasteiger partial charge in [-0.3, -0.25) is 4.79 Å². The Morgan fingerprint density at radius 1 is 1.29 bits per heavy atom. The highest BCUT2D eigenvalue weighted by molar-refractivity contribution is 8.04. The summed E-state index contributed by atoms with van der Waals surface area (Å²) >= 11 is 0. The van der Waals surface area contributed by atoms with Crippen LogP contribution in [0.5, 0.6) is 0 Å². The molecule has 3 N–H and O–H groups in total. The van der Waals surface area contributed by atoms with E-state index in [9.17, 15) is 13.2 Å². The fourth-order valence-corrected chi connectivity index (χ4v) is 3.56. The summed E-state index contributed by atoms with van der Waals surface area (Å²) in [5.74, 6) is 0. The number of carbonyl (C=O) groups is 1. The number of primary sulfonamides is 1. The lowest BCUT2D eigenvalue weighted by atomic mass is 9.99. The van der Waals surface area contributed by atoms with Crippen molar-refractivity contribution in [2.45, 2.75) is 26.3 Å². The molecule has 0 saturated heterocycles. The number of aryl methyl sites for hydroxylation is 2. The quantitative estimate of drug-likeness (QED) is 0.681. The predicted octanol–water partition coefficient (Wildman–Crippen LogP) is 3.14. The van der Waals surface area contributed by atoms with Crippen LogP contribution < -0.4 is 10.5 Å². The number of nitrogens with zero attached hydrogens (tertiary/aromatic N) is 1. The van der Waals surface area contributed by atoms with E-state index in [1.54, 1.807) is 42.7 Å². The summed E-state index contributed by atoms with van der Waals surface area (Å²) in [7, 11) is -4.43. The van der Waals surface area contributed by atoms with Gasteiger partial charge in [0, 0.05) is 11.1 Å². The lowest BCUT2D eigenvalue weighted by Gasteiger charge is -2.19. The van der Waals surface area contributed by atoms with Gasteiger partial charge in [-0.15, -0.1) is 0 Å². The van der Waals surface area contributed by atoms with Gasteiger partial charge in [-0.25, -0.2) is 13.6 Å². The molecule has 0 aliphatic carbocycles. The molecule has 3 rings (SSSR count). The molecule has 8 heteroatoms. The zero-order valence-corrected chi connectivity index (χ0v) is 16.2. The molecular weight excluding hydrogens is 378 g/mol. The Bertz CT molecular complexity index is 1190. The topological polar surface area (TPSA) is 126 Å².